The molecule has 0 aliphatic heterocycles. The predicted octanol–water partition coefficient (Wildman–Crippen LogP) is 3.84. The van der Waals surface area contributed by atoms with Gasteiger partial charge in [-0.2, -0.15) is 0 Å². The first-order valence-corrected chi connectivity index (χ1v) is 8.63. The Balaban J connectivity index is 1.99. The third-order valence-corrected chi connectivity index (χ3v) is 5.72. The summed E-state index contributed by atoms with van der Waals surface area (Å²) in [6.07, 6.45) is 1.73. The maximum Gasteiger partial charge on any atom is 0.137 e. The van der Waals surface area contributed by atoms with E-state index < -0.39 is 11.5 Å². The number of nitrogens with two attached hydrogens (primary N) is 1. The van der Waals surface area contributed by atoms with E-state index in [1.165, 1.54) is 11.1 Å². The van der Waals surface area contributed by atoms with Crippen LogP contribution in [0, 0.1) is 0 Å². The second kappa shape index (κ2) is 5.98. The van der Waals surface area contributed by atoms with Crippen molar-refractivity contribution in [2.24, 2.45) is 5.73 Å². The smallest absolute Gasteiger partial charge is 0.137 e. The lowest BCUT2D eigenvalue weighted by Gasteiger charge is -2.30. The molecule has 4 rings (SSSR count). The Kier molecular flexibility index (Phi) is 3.78. The third-order valence-electron chi connectivity index (χ3n) is 5.72. The number of hydrogen-bond donors (Lipinski definition) is 1. The van der Waals surface area contributed by atoms with Gasteiger partial charge in [0.1, 0.15) is 6.29 Å². The van der Waals surface area contributed by atoms with Crippen LogP contribution in [0.4, 0.5) is 0 Å². The van der Waals surface area contributed by atoms with Crippen molar-refractivity contribution in [3.63, 3.8) is 0 Å². The molecule has 1 fully saturated rings. The summed E-state index contributed by atoms with van der Waals surface area (Å²) in [5.74, 6) is 0. The van der Waals surface area contributed by atoms with Crippen LogP contribution in [-0.2, 0) is 15.6 Å². The summed E-state index contributed by atoms with van der Waals surface area (Å²) in [5.41, 5.74) is 9.28. The topological polar surface area (TPSA) is 43.1 Å². The monoisotopic (exact) mass is 327 g/mol. The van der Waals surface area contributed by atoms with Crippen LogP contribution in [-0.4, -0.2) is 12.3 Å². The van der Waals surface area contributed by atoms with Gasteiger partial charge in [0.2, 0.25) is 0 Å². The van der Waals surface area contributed by atoms with Gasteiger partial charge in [-0.05, 0) is 23.1 Å². The fourth-order valence-corrected chi connectivity index (χ4v) is 4.50. The van der Waals surface area contributed by atoms with E-state index in [4.69, 9.17) is 5.73 Å². The van der Waals surface area contributed by atoms with Crippen molar-refractivity contribution in [1.82, 2.24) is 0 Å². The van der Waals surface area contributed by atoms with Gasteiger partial charge in [0.15, 0.2) is 0 Å². The standard InChI is InChI=1S/C23H21NO/c24-21(16-25)23(20-14-8-3-9-15-20)17-22(23,18-10-4-1-5-11-18)19-12-6-2-7-13-19/h1-16,21H,17,24H2. The zero-order chi connectivity index (χ0) is 17.3. The Hall–Kier alpha value is -2.71. The van der Waals surface area contributed by atoms with E-state index in [9.17, 15) is 4.79 Å². The van der Waals surface area contributed by atoms with Crippen LogP contribution in [0.25, 0.3) is 0 Å². The average Bonchev–Trinajstić information content (AvgIpc) is 3.42. The van der Waals surface area contributed by atoms with Gasteiger partial charge in [0.25, 0.3) is 0 Å². The molecule has 2 heteroatoms. The molecule has 0 aromatic heterocycles. The highest BCUT2D eigenvalue weighted by Gasteiger charge is 2.72. The number of aldehydes is 1. The van der Waals surface area contributed by atoms with Crippen LogP contribution in [0.5, 0.6) is 0 Å². The Labute approximate surface area is 148 Å². The summed E-state index contributed by atoms with van der Waals surface area (Å²) >= 11 is 0. The number of carbonyl (C=O) groups excluding carboxylic acids is 1. The molecule has 2 atom stereocenters. The van der Waals surface area contributed by atoms with Crippen LogP contribution in [0.2, 0.25) is 0 Å². The third kappa shape index (κ3) is 2.18. The summed E-state index contributed by atoms with van der Waals surface area (Å²) in [6, 6.07) is 30.5. The lowest BCUT2D eigenvalue weighted by molar-refractivity contribution is -0.109. The van der Waals surface area contributed by atoms with E-state index in [2.05, 4.69) is 60.7 Å². The summed E-state index contributed by atoms with van der Waals surface area (Å²) in [5, 5.41) is 0. The highest BCUT2D eigenvalue weighted by Crippen LogP contribution is 2.69. The average molecular weight is 327 g/mol. The number of carbonyl (C=O) groups is 1. The first kappa shape index (κ1) is 15.8. The Morgan fingerprint density at radius 2 is 1.12 bits per heavy atom. The van der Waals surface area contributed by atoms with Crippen molar-refractivity contribution in [3.8, 4) is 0 Å². The van der Waals surface area contributed by atoms with Gasteiger partial charge >= 0.3 is 0 Å². The van der Waals surface area contributed by atoms with E-state index in [0.29, 0.717) is 0 Å². The first-order chi connectivity index (χ1) is 12.3. The molecule has 0 bridgehead atoms. The van der Waals surface area contributed by atoms with Crippen LogP contribution >= 0.6 is 0 Å². The van der Waals surface area contributed by atoms with E-state index in [-0.39, 0.29) is 5.41 Å². The van der Waals surface area contributed by atoms with Crippen LogP contribution in [0.3, 0.4) is 0 Å². The summed E-state index contributed by atoms with van der Waals surface area (Å²) in [7, 11) is 0. The van der Waals surface area contributed by atoms with Crippen molar-refractivity contribution < 1.29 is 4.79 Å². The number of benzene rings is 3. The van der Waals surface area contributed by atoms with Gasteiger partial charge in [-0.15, -0.1) is 0 Å². The molecule has 3 aromatic carbocycles. The molecule has 3 aromatic rings. The molecule has 2 N–H and O–H groups in total. The summed E-state index contributed by atoms with van der Waals surface area (Å²) in [4.78, 5) is 11.8. The fraction of sp³-hybridized carbons (Fsp3) is 0.174. The minimum atomic E-state index is -0.560. The Morgan fingerprint density at radius 3 is 1.52 bits per heavy atom. The van der Waals surface area contributed by atoms with E-state index in [1.807, 2.05) is 30.3 Å². The summed E-state index contributed by atoms with van der Waals surface area (Å²) in [6.45, 7) is 0. The molecule has 0 radical (unpaired) electrons. The predicted molar refractivity (Wildman–Crippen MR) is 100 cm³/mol. The largest absolute Gasteiger partial charge is 0.321 e. The zero-order valence-electron chi connectivity index (χ0n) is 14.0. The number of hydrogen-bond acceptors (Lipinski definition) is 2. The first-order valence-electron chi connectivity index (χ1n) is 8.63. The van der Waals surface area contributed by atoms with E-state index in [0.717, 1.165) is 18.3 Å². The quantitative estimate of drug-likeness (QED) is 0.724. The van der Waals surface area contributed by atoms with Gasteiger partial charge in [-0.3, -0.25) is 0 Å². The van der Waals surface area contributed by atoms with E-state index >= 15 is 0 Å². The second-order valence-corrected chi connectivity index (χ2v) is 6.81. The van der Waals surface area contributed by atoms with Crippen molar-refractivity contribution in [2.75, 3.05) is 0 Å². The molecule has 2 unspecified atom stereocenters. The minimum Gasteiger partial charge on any atom is -0.321 e. The Bertz CT molecular complexity index is 821. The van der Waals surface area contributed by atoms with Gasteiger partial charge < -0.3 is 10.5 Å². The van der Waals surface area contributed by atoms with Crippen LogP contribution < -0.4 is 5.73 Å². The molecular weight excluding hydrogens is 306 g/mol. The van der Waals surface area contributed by atoms with Crippen LogP contribution in [0.15, 0.2) is 91.0 Å². The van der Waals surface area contributed by atoms with Gasteiger partial charge in [0.05, 0.1) is 6.04 Å². The lowest BCUT2D eigenvalue weighted by Crippen LogP contribution is -2.42. The molecule has 1 aliphatic carbocycles. The maximum absolute atomic E-state index is 11.8. The zero-order valence-corrected chi connectivity index (χ0v) is 14.0. The van der Waals surface area contributed by atoms with Crippen LogP contribution in [0.1, 0.15) is 23.1 Å². The van der Waals surface area contributed by atoms with E-state index in [1.54, 1.807) is 0 Å². The molecule has 124 valence electrons. The SMILES string of the molecule is NC(C=O)C1(c2ccccc2)CC1(c1ccccc1)c1ccccc1. The molecule has 0 spiro atoms. The number of rotatable bonds is 5. The highest BCUT2D eigenvalue weighted by molar-refractivity contribution is 5.71. The van der Waals surface area contributed by atoms with Crippen molar-refractivity contribution in [1.29, 1.82) is 0 Å². The lowest BCUT2D eigenvalue weighted by atomic mass is 9.74. The van der Waals surface area contributed by atoms with Gasteiger partial charge in [0, 0.05) is 10.8 Å². The van der Waals surface area contributed by atoms with Crippen molar-refractivity contribution in [2.45, 2.75) is 23.3 Å². The fourth-order valence-electron chi connectivity index (χ4n) is 4.50. The molecule has 25 heavy (non-hydrogen) atoms. The molecule has 2 nitrogen and oxygen atoms in total. The van der Waals surface area contributed by atoms with Crippen molar-refractivity contribution >= 4 is 6.29 Å². The molecular formula is C23H21NO. The summed E-state index contributed by atoms with van der Waals surface area (Å²) < 4.78 is 0. The molecule has 1 aliphatic rings. The molecule has 0 saturated heterocycles. The Morgan fingerprint density at radius 1 is 0.720 bits per heavy atom. The molecule has 0 heterocycles. The van der Waals surface area contributed by atoms with Crippen molar-refractivity contribution in [3.05, 3.63) is 108 Å². The molecule has 1 saturated carbocycles. The highest BCUT2D eigenvalue weighted by atomic mass is 16.1. The van der Waals surface area contributed by atoms with Gasteiger partial charge in [-0.1, -0.05) is 91.0 Å². The normalized spacial score (nSPS) is 22.1. The minimum absolute atomic E-state index is 0.281. The molecule has 0 amide bonds. The maximum atomic E-state index is 11.8. The van der Waals surface area contributed by atoms with Gasteiger partial charge in [-0.25, -0.2) is 0 Å². The second-order valence-electron chi connectivity index (χ2n) is 6.81.